The number of aryl methyl sites for hydroxylation is 1. The first-order valence-corrected chi connectivity index (χ1v) is 8.02. The molecule has 2 rings (SSSR count). The first kappa shape index (κ1) is 20.4. The number of para-hydroxylation sites is 1. The van der Waals surface area contributed by atoms with Crippen LogP contribution in [0.25, 0.3) is 0 Å². The van der Waals surface area contributed by atoms with Crippen molar-refractivity contribution >= 4 is 5.97 Å². The molecule has 0 saturated carbocycles. The van der Waals surface area contributed by atoms with Gasteiger partial charge in [-0.05, 0) is 35.7 Å². The number of hydrogen-bond acceptors (Lipinski definition) is 5. The molecule has 0 atom stereocenters. The van der Waals surface area contributed by atoms with E-state index in [4.69, 9.17) is 14.2 Å². The number of methoxy groups -OCH3 is 2. The molecule has 5 nitrogen and oxygen atoms in total. The normalized spacial score (nSPS) is 11.0. The Hall–Kier alpha value is -2.90. The lowest BCUT2D eigenvalue weighted by Gasteiger charge is -2.12. The van der Waals surface area contributed by atoms with Gasteiger partial charge in [-0.25, -0.2) is 0 Å². The van der Waals surface area contributed by atoms with Crippen molar-refractivity contribution in [2.75, 3.05) is 14.2 Å². The molecule has 0 heterocycles. The van der Waals surface area contributed by atoms with Crippen LogP contribution in [0, 0.1) is 0 Å². The summed E-state index contributed by atoms with van der Waals surface area (Å²) in [5.74, 6) is 0.371. The maximum Gasteiger partial charge on any atom is 0.573 e. The van der Waals surface area contributed by atoms with Crippen molar-refractivity contribution in [1.82, 2.24) is 0 Å². The van der Waals surface area contributed by atoms with Gasteiger partial charge in [-0.15, -0.1) is 13.2 Å². The standard InChI is InChI=1S/C19H19F3O5/c1-24-16-5-3-4-14(18(16)25-2)8-11-17(23)26-12-13-6-9-15(10-7-13)27-19(20,21)22/h3-7,9-10H,8,11-12H2,1-2H3. The number of benzene rings is 2. The Kier molecular flexibility index (Phi) is 6.92. The first-order valence-electron chi connectivity index (χ1n) is 8.02. The molecule has 0 aliphatic carbocycles. The van der Waals surface area contributed by atoms with Gasteiger partial charge in [0.15, 0.2) is 11.5 Å². The number of carbonyl (C=O) groups excluding carboxylic acids is 1. The lowest BCUT2D eigenvalue weighted by atomic mass is 10.1. The summed E-state index contributed by atoms with van der Waals surface area (Å²) >= 11 is 0. The number of hydrogen-bond donors (Lipinski definition) is 0. The van der Waals surface area contributed by atoms with Crippen molar-refractivity contribution in [3.05, 3.63) is 53.6 Å². The van der Waals surface area contributed by atoms with Crippen LogP contribution in [0.3, 0.4) is 0 Å². The van der Waals surface area contributed by atoms with E-state index >= 15 is 0 Å². The predicted molar refractivity (Wildman–Crippen MR) is 90.8 cm³/mol. The van der Waals surface area contributed by atoms with Crippen LogP contribution in [-0.4, -0.2) is 26.6 Å². The minimum atomic E-state index is -4.74. The summed E-state index contributed by atoms with van der Waals surface area (Å²) in [5, 5.41) is 0. The lowest BCUT2D eigenvalue weighted by molar-refractivity contribution is -0.274. The molecule has 0 N–H and O–H groups in total. The largest absolute Gasteiger partial charge is 0.573 e. The second-order valence-electron chi connectivity index (χ2n) is 5.51. The molecule has 0 spiro atoms. The molecule has 8 heteroatoms. The summed E-state index contributed by atoms with van der Waals surface area (Å²) in [5.41, 5.74) is 1.36. The molecular weight excluding hydrogens is 365 g/mol. The maximum absolute atomic E-state index is 12.1. The van der Waals surface area contributed by atoms with Crippen LogP contribution in [0.5, 0.6) is 17.2 Å². The molecule has 2 aromatic rings. The Bertz CT molecular complexity index is 757. The van der Waals surface area contributed by atoms with Gasteiger partial charge in [-0.3, -0.25) is 4.79 Å². The third-order valence-electron chi connectivity index (χ3n) is 3.64. The second-order valence-corrected chi connectivity index (χ2v) is 5.51. The number of alkyl halides is 3. The van der Waals surface area contributed by atoms with Gasteiger partial charge in [0.1, 0.15) is 12.4 Å². The number of esters is 1. The Balaban J connectivity index is 1.85. The van der Waals surface area contributed by atoms with Gasteiger partial charge in [-0.1, -0.05) is 24.3 Å². The van der Waals surface area contributed by atoms with Crippen molar-refractivity contribution in [3.8, 4) is 17.2 Å². The molecule has 0 fully saturated rings. The van der Waals surface area contributed by atoms with Crippen LogP contribution in [-0.2, 0) is 22.6 Å². The molecular formula is C19H19F3O5. The van der Waals surface area contributed by atoms with E-state index < -0.39 is 12.3 Å². The quantitative estimate of drug-likeness (QED) is 0.636. The third-order valence-corrected chi connectivity index (χ3v) is 3.64. The van der Waals surface area contributed by atoms with E-state index in [1.54, 1.807) is 12.1 Å². The summed E-state index contributed by atoms with van der Waals surface area (Å²) in [4.78, 5) is 11.9. The molecule has 0 amide bonds. The summed E-state index contributed by atoms with van der Waals surface area (Å²) < 4.78 is 55.8. The molecule has 0 aliphatic heterocycles. The van der Waals surface area contributed by atoms with Gasteiger partial charge in [0, 0.05) is 6.42 Å². The number of rotatable bonds is 8. The van der Waals surface area contributed by atoms with E-state index in [9.17, 15) is 18.0 Å². The zero-order chi connectivity index (χ0) is 19.9. The fourth-order valence-electron chi connectivity index (χ4n) is 2.41. The smallest absolute Gasteiger partial charge is 0.493 e. The summed E-state index contributed by atoms with van der Waals surface area (Å²) in [6.45, 7) is -0.0413. The summed E-state index contributed by atoms with van der Waals surface area (Å²) in [6.07, 6.45) is -4.22. The number of halogens is 3. The van der Waals surface area contributed by atoms with Crippen molar-refractivity contribution in [2.45, 2.75) is 25.8 Å². The van der Waals surface area contributed by atoms with Gasteiger partial charge < -0.3 is 18.9 Å². The van der Waals surface area contributed by atoms with Crippen LogP contribution < -0.4 is 14.2 Å². The van der Waals surface area contributed by atoms with Gasteiger partial charge in [0.25, 0.3) is 0 Å². The lowest BCUT2D eigenvalue weighted by Crippen LogP contribution is -2.17. The Morgan fingerprint density at radius 3 is 2.30 bits per heavy atom. The highest BCUT2D eigenvalue weighted by atomic mass is 19.4. The summed E-state index contributed by atoms with van der Waals surface area (Å²) in [7, 11) is 3.05. The van der Waals surface area contributed by atoms with E-state index in [1.165, 1.54) is 26.4 Å². The van der Waals surface area contributed by atoms with Gasteiger partial charge >= 0.3 is 12.3 Å². The van der Waals surface area contributed by atoms with Crippen LogP contribution in [0.1, 0.15) is 17.5 Å². The van der Waals surface area contributed by atoms with Crippen molar-refractivity contribution in [3.63, 3.8) is 0 Å². The highest BCUT2D eigenvalue weighted by molar-refractivity contribution is 5.70. The molecule has 146 valence electrons. The zero-order valence-corrected chi connectivity index (χ0v) is 14.8. The zero-order valence-electron chi connectivity index (χ0n) is 14.8. The van der Waals surface area contributed by atoms with E-state index in [0.29, 0.717) is 23.5 Å². The van der Waals surface area contributed by atoms with Crippen LogP contribution in [0.2, 0.25) is 0 Å². The fraction of sp³-hybridized carbons (Fsp3) is 0.316. The fourth-order valence-corrected chi connectivity index (χ4v) is 2.41. The van der Waals surface area contributed by atoms with Gasteiger partial charge in [-0.2, -0.15) is 0 Å². The minimum absolute atomic E-state index is 0.0413. The van der Waals surface area contributed by atoms with Crippen LogP contribution in [0.4, 0.5) is 13.2 Å². The van der Waals surface area contributed by atoms with Crippen LogP contribution >= 0.6 is 0 Å². The Labute approximate surface area is 154 Å². The van der Waals surface area contributed by atoms with E-state index in [2.05, 4.69) is 4.74 Å². The average molecular weight is 384 g/mol. The molecule has 0 radical (unpaired) electrons. The van der Waals surface area contributed by atoms with E-state index in [-0.39, 0.29) is 18.8 Å². The number of ether oxygens (including phenoxy) is 4. The van der Waals surface area contributed by atoms with Crippen molar-refractivity contribution in [1.29, 1.82) is 0 Å². The second kappa shape index (κ2) is 9.16. The monoisotopic (exact) mass is 384 g/mol. The molecule has 0 bridgehead atoms. The Morgan fingerprint density at radius 1 is 1.00 bits per heavy atom. The highest BCUT2D eigenvalue weighted by Gasteiger charge is 2.30. The molecule has 0 unspecified atom stereocenters. The van der Waals surface area contributed by atoms with E-state index in [0.717, 1.165) is 17.7 Å². The maximum atomic E-state index is 12.1. The average Bonchev–Trinajstić information content (AvgIpc) is 2.64. The molecule has 2 aromatic carbocycles. The molecule has 0 saturated heterocycles. The van der Waals surface area contributed by atoms with Gasteiger partial charge in [0.2, 0.25) is 0 Å². The molecule has 27 heavy (non-hydrogen) atoms. The highest BCUT2D eigenvalue weighted by Crippen LogP contribution is 2.31. The molecule has 0 aromatic heterocycles. The van der Waals surface area contributed by atoms with Crippen LogP contribution in [0.15, 0.2) is 42.5 Å². The third kappa shape index (κ3) is 6.40. The van der Waals surface area contributed by atoms with Crippen molar-refractivity contribution < 1.29 is 36.9 Å². The predicted octanol–water partition coefficient (Wildman–Crippen LogP) is 4.28. The molecule has 0 aliphatic rings. The summed E-state index contributed by atoms with van der Waals surface area (Å²) in [6, 6.07) is 10.5. The first-order chi connectivity index (χ1) is 12.8. The topological polar surface area (TPSA) is 54.0 Å². The minimum Gasteiger partial charge on any atom is -0.493 e. The van der Waals surface area contributed by atoms with Crippen molar-refractivity contribution in [2.24, 2.45) is 0 Å². The van der Waals surface area contributed by atoms with Gasteiger partial charge in [0.05, 0.1) is 14.2 Å². The van der Waals surface area contributed by atoms with E-state index in [1.807, 2.05) is 6.07 Å². The number of carbonyl (C=O) groups is 1. The SMILES string of the molecule is COc1cccc(CCC(=O)OCc2ccc(OC(F)(F)F)cc2)c1OC. The Morgan fingerprint density at radius 2 is 1.70 bits per heavy atom.